The van der Waals surface area contributed by atoms with E-state index in [1.165, 1.54) is 4.90 Å². The van der Waals surface area contributed by atoms with E-state index in [4.69, 9.17) is 9.47 Å². The molecule has 0 bridgehead atoms. The van der Waals surface area contributed by atoms with Gasteiger partial charge in [0.2, 0.25) is 12.2 Å². The molecule has 40 heavy (non-hydrogen) atoms. The molecule has 2 heterocycles. The van der Waals surface area contributed by atoms with E-state index < -0.39 is 36.0 Å². The Morgan fingerprint density at radius 1 is 0.925 bits per heavy atom. The van der Waals surface area contributed by atoms with E-state index in [0.29, 0.717) is 31.7 Å². The molecule has 2 aliphatic heterocycles. The minimum Gasteiger partial charge on any atom is -0.448 e. The van der Waals surface area contributed by atoms with Crippen molar-refractivity contribution >= 4 is 29.4 Å². The zero-order chi connectivity index (χ0) is 28.9. The van der Waals surface area contributed by atoms with E-state index in [-0.39, 0.29) is 12.0 Å². The Morgan fingerprint density at radius 3 is 2.05 bits per heavy atom. The van der Waals surface area contributed by atoms with Gasteiger partial charge in [-0.25, -0.2) is 0 Å². The smallest absolute Gasteiger partial charge is 0.303 e. The zero-order valence-corrected chi connectivity index (χ0v) is 23.0. The van der Waals surface area contributed by atoms with Crippen molar-refractivity contribution in [1.82, 2.24) is 10.2 Å². The van der Waals surface area contributed by atoms with Gasteiger partial charge < -0.3 is 24.6 Å². The lowest BCUT2D eigenvalue weighted by molar-refractivity contribution is -0.178. The first-order valence-corrected chi connectivity index (χ1v) is 13.3. The van der Waals surface area contributed by atoms with Gasteiger partial charge >= 0.3 is 11.9 Å². The summed E-state index contributed by atoms with van der Waals surface area (Å²) in [5.41, 5.74) is 3.15. The largest absolute Gasteiger partial charge is 0.448 e. The van der Waals surface area contributed by atoms with Gasteiger partial charge in [-0.2, -0.15) is 5.26 Å². The van der Waals surface area contributed by atoms with Gasteiger partial charge in [0.1, 0.15) is 6.07 Å². The summed E-state index contributed by atoms with van der Waals surface area (Å²) >= 11 is 0. The first kappa shape index (κ1) is 28.6. The van der Waals surface area contributed by atoms with Crippen molar-refractivity contribution in [3.63, 3.8) is 0 Å². The third-order valence-electron chi connectivity index (χ3n) is 7.54. The predicted octanol–water partition coefficient (Wildman–Crippen LogP) is 2.69. The molecule has 2 aromatic rings. The molecule has 2 aromatic carbocycles. The van der Waals surface area contributed by atoms with Crippen LogP contribution in [0.1, 0.15) is 50.3 Å². The number of nitrogens with zero attached hydrogens (tertiary/aromatic N) is 3. The number of amides is 2. The third-order valence-corrected chi connectivity index (χ3v) is 7.54. The second-order valence-corrected chi connectivity index (χ2v) is 10.7. The monoisotopic (exact) mass is 546 g/mol. The van der Waals surface area contributed by atoms with Crippen LogP contribution in [0.3, 0.4) is 0 Å². The maximum absolute atomic E-state index is 13.5. The van der Waals surface area contributed by atoms with E-state index in [1.807, 2.05) is 42.5 Å². The second-order valence-electron chi connectivity index (χ2n) is 10.7. The van der Waals surface area contributed by atoms with Gasteiger partial charge in [0.25, 0.3) is 11.8 Å². The Bertz CT molecular complexity index is 1300. The molecule has 10 nitrogen and oxygen atoms in total. The van der Waals surface area contributed by atoms with Crippen molar-refractivity contribution in [1.29, 1.82) is 5.26 Å². The number of ether oxygens (including phenoxy) is 2. The van der Waals surface area contributed by atoms with Crippen LogP contribution in [0, 0.1) is 16.7 Å². The van der Waals surface area contributed by atoms with E-state index in [9.17, 15) is 24.4 Å². The molecule has 0 radical (unpaired) electrons. The van der Waals surface area contributed by atoms with Gasteiger partial charge in [-0.05, 0) is 41.5 Å². The van der Waals surface area contributed by atoms with Crippen molar-refractivity contribution in [2.45, 2.75) is 58.9 Å². The molecule has 1 N–H and O–H groups in total. The first-order valence-electron chi connectivity index (χ1n) is 13.3. The standard InChI is InChI=1S/C30H34N4O6/c1-20(35)39-26(27(40-21(2)36)29(38)34-17-23-9-4-5-10-24(23)18-34)28(37)32-19-30(3)12-14-33(15-13-30)25-11-7-6-8-22(25)16-31/h4-11,26-27H,12-15,17-19H2,1-3H3,(H,32,37)/t26-,27-/m1/s1. The highest BCUT2D eigenvalue weighted by Gasteiger charge is 2.43. The summed E-state index contributed by atoms with van der Waals surface area (Å²) in [6.07, 6.45) is -1.77. The number of piperidine rings is 1. The van der Waals surface area contributed by atoms with Crippen molar-refractivity contribution in [2.75, 3.05) is 24.5 Å². The molecular weight excluding hydrogens is 512 g/mol. The summed E-state index contributed by atoms with van der Waals surface area (Å²) in [5.74, 6) is -2.85. The molecule has 2 atom stereocenters. The van der Waals surface area contributed by atoms with Crippen LogP contribution in [-0.4, -0.2) is 60.5 Å². The molecule has 1 fully saturated rings. The van der Waals surface area contributed by atoms with Crippen LogP contribution in [-0.2, 0) is 41.7 Å². The average molecular weight is 547 g/mol. The summed E-state index contributed by atoms with van der Waals surface area (Å²) in [6.45, 7) is 6.59. The normalized spacial score (nSPS) is 17.1. The summed E-state index contributed by atoms with van der Waals surface area (Å²) in [4.78, 5) is 54.5. The number of anilines is 1. The number of para-hydroxylation sites is 1. The second kappa shape index (κ2) is 12.2. The molecule has 0 unspecified atom stereocenters. The van der Waals surface area contributed by atoms with E-state index in [2.05, 4.69) is 23.2 Å². The lowest BCUT2D eigenvalue weighted by atomic mass is 9.80. The van der Waals surface area contributed by atoms with Gasteiger partial charge in [-0.1, -0.05) is 43.3 Å². The summed E-state index contributed by atoms with van der Waals surface area (Å²) < 4.78 is 10.6. The SMILES string of the molecule is CC(=O)O[C@@H](C(=O)NCC1(C)CCN(c2ccccc2C#N)CC1)[C@@H](OC(C)=O)C(=O)N1Cc2ccccc2C1. The molecule has 0 aromatic heterocycles. The number of fused-ring (bicyclic) bond motifs is 1. The minimum absolute atomic E-state index is 0.271. The maximum atomic E-state index is 13.5. The van der Waals surface area contributed by atoms with Gasteiger partial charge in [0.15, 0.2) is 0 Å². The third kappa shape index (κ3) is 6.60. The average Bonchev–Trinajstić information content (AvgIpc) is 3.38. The Morgan fingerprint density at radius 2 is 1.48 bits per heavy atom. The predicted molar refractivity (Wildman–Crippen MR) is 146 cm³/mol. The van der Waals surface area contributed by atoms with E-state index in [1.54, 1.807) is 6.07 Å². The van der Waals surface area contributed by atoms with Crippen molar-refractivity contribution in [3.8, 4) is 6.07 Å². The van der Waals surface area contributed by atoms with Crippen LogP contribution in [0.25, 0.3) is 0 Å². The highest BCUT2D eigenvalue weighted by Crippen LogP contribution is 2.33. The number of carbonyl (C=O) groups is 4. The van der Waals surface area contributed by atoms with Crippen LogP contribution in [0.2, 0.25) is 0 Å². The number of esters is 2. The van der Waals surface area contributed by atoms with Crippen LogP contribution < -0.4 is 10.2 Å². The Hall–Kier alpha value is -4.39. The van der Waals surface area contributed by atoms with Crippen LogP contribution in [0.5, 0.6) is 0 Å². The summed E-state index contributed by atoms with van der Waals surface area (Å²) in [7, 11) is 0. The fraction of sp³-hybridized carbons (Fsp3) is 0.433. The Kier molecular flexibility index (Phi) is 8.73. The number of carbonyl (C=O) groups excluding carboxylic acids is 4. The number of nitrogens with one attached hydrogen (secondary N) is 1. The number of nitriles is 1. The molecule has 2 amide bonds. The topological polar surface area (TPSA) is 129 Å². The molecule has 0 aliphatic carbocycles. The highest BCUT2D eigenvalue weighted by molar-refractivity contribution is 5.93. The fourth-order valence-electron chi connectivity index (χ4n) is 5.23. The number of hydrogen-bond acceptors (Lipinski definition) is 8. The minimum atomic E-state index is -1.64. The molecule has 10 heteroatoms. The van der Waals surface area contributed by atoms with Gasteiger partial charge in [-0.3, -0.25) is 19.2 Å². The molecular formula is C30H34N4O6. The van der Waals surface area contributed by atoms with Crippen LogP contribution in [0.4, 0.5) is 5.69 Å². The highest BCUT2D eigenvalue weighted by atomic mass is 16.6. The molecule has 0 spiro atoms. The van der Waals surface area contributed by atoms with Crippen LogP contribution >= 0.6 is 0 Å². The molecule has 0 saturated carbocycles. The zero-order valence-electron chi connectivity index (χ0n) is 23.0. The molecule has 2 aliphatic rings. The molecule has 4 rings (SSSR count). The van der Waals surface area contributed by atoms with Gasteiger partial charge in [0, 0.05) is 46.6 Å². The van der Waals surface area contributed by atoms with Crippen molar-refractivity contribution in [3.05, 3.63) is 65.2 Å². The lowest BCUT2D eigenvalue weighted by Gasteiger charge is -2.41. The molecule has 210 valence electrons. The summed E-state index contributed by atoms with van der Waals surface area (Å²) in [6, 6.07) is 17.3. The maximum Gasteiger partial charge on any atom is 0.303 e. The van der Waals surface area contributed by atoms with Crippen LogP contribution in [0.15, 0.2) is 48.5 Å². The fourth-order valence-corrected chi connectivity index (χ4v) is 5.23. The number of rotatable bonds is 8. The molecule has 1 saturated heterocycles. The Balaban J connectivity index is 1.44. The number of benzene rings is 2. The lowest BCUT2D eigenvalue weighted by Crippen LogP contribution is -2.55. The quantitative estimate of drug-likeness (QED) is 0.501. The van der Waals surface area contributed by atoms with E-state index in [0.717, 1.165) is 43.5 Å². The summed E-state index contributed by atoms with van der Waals surface area (Å²) in [5, 5.41) is 12.3. The first-order chi connectivity index (χ1) is 19.1. The number of hydrogen-bond donors (Lipinski definition) is 1. The Labute approximate surface area is 233 Å². The van der Waals surface area contributed by atoms with E-state index >= 15 is 0 Å². The van der Waals surface area contributed by atoms with Crippen molar-refractivity contribution < 1.29 is 28.7 Å². The van der Waals surface area contributed by atoms with Gasteiger partial charge in [-0.15, -0.1) is 0 Å². The van der Waals surface area contributed by atoms with Gasteiger partial charge in [0.05, 0.1) is 11.3 Å². The van der Waals surface area contributed by atoms with Crippen molar-refractivity contribution in [2.24, 2.45) is 5.41 Å².